The van der Waals surface area contributed by atoms with Gasteiger partial charge in [-0.1, -0.05) is 20.3 Å². The van der Waals surface area contributed by atoms with Crippen LogP contribution in [0.2, 0.25) is 0 Å². The predicted molar refractivity (Wildman–Crippen MR) is 65.6 cm³/mol. The van der Waals surface area contributed by atoms with Gasteiger partial charge in [0.2, 0.25) is 0 Å². The van der Waals surface area contributed by atoms with Crippen molar-refractivity contribution < 1.29 is 0 Å². The first-order valence-electron chi connectivity index (χ1n) is 6.31. The molecule has 1 aliphatic heterocycles. The summed E-state index contributed by atoms with van der Waals surface area (Å²) in [6.45, 7) is 6.52. The maximum atomic E-state index is 4.69. The van der Waals surface area contributed by atoms with Crippen LogP contribution in [0.15, 0.2) is 12.3 Å². The van der Waals surface area contributed by atoms with Crippen molar-refractivity contribution in [1.29, 1.82) is 0 Å². The van der Waals surface area contributed by atoms with Gasteiger partial charge in [0.15, 0.2) is 0 Å². The second kappa shape index (κ2) is 5.39. The molecule has 3 nitrogen and oxygen atoms in total. The van der Waals surface area contributed by atoms with E-state index in [0.717, 1.165) is 24.6 Å². The smallest absolute Gasteiger partial charge is 0.132 e. The zero-order valence-electron chi connectivity index (χ0n) is 10.2. The zero-order valence-corrected chi connectivity index (χ0v) is 10.2. The maximum Gasteiger partial charge on any atom is 0.132 e. The van der Waals surface area contributed by atoms with Gasteiger partial charge in [-0.05, 0) is 31.4 Å². The van der Waals surface area contributed by atoms with E-state index in [1.807, 2.05) is 12.3 Å². The minimum Gasteiger partial charge on any atom is -0.316 e. The van der Waals surface area contributed by atoms with E-state index in [1.165, 1.54) is 19.3 Å². The average Bonchev–Trinajstić information content (AvgIpc) is 2.57. The van der Waals surface area contributed by atoms with Crippen LogP contribution in [0.25, 0.3) is 0 Å². The van der Waals surface area contributed by atoms with E-state index in [1.54, 1.807) is 0 Å². The Balaban J connectivity index is 2.15. The number of hydrogen-bond donors (Lipinski definition) is 1. The van der Waals surface area contributed by atoms with Gasteiger partial charge in [0.1, 0.15) is 5.82 Å². The molecule has 2 heterocycles. The van der Waals surface area contributed by atoms with Gasteiger partial charge in [0, 0.05) is 24.4 Å². The number of aromatic nitrogens is 2. The molecule has 0 spiro atoms. The van der Waals surface area contributed by atoms with Gasteiger partial charge in [0.25, 0.3) is 0 Å². The van der Waals surface area contributed by atoms with E-state index in [0.29, 0.717) is 11.8 Å². The normalized spacial score (nSPS) is 22.1. The monoisotopic (exact) mass is 219 g/mol. The van der Waals surface area contributed by atoms with Gasteiger partial charge in [-0.15, -0.1) is 0 Å². The highest BCUT2D eigenvalue weighted by molar-refractivity contribution is 5.09. The Hall–Kier alpha value is -0.960. The highest BCUT2D eigenvalue weighted by Gasteiger charge is 2.17. The third kappa shape index (κ3) is 2.79. The number of nitrogens with one attached hydrogen (secondary N) is 1. The Kier molecular flexibility index (Phi) is 3.88. The highest BCUT2D eigenvalue weighted by Crippen LogP contribution is 2.21. The summed E-state index contributed by atoms with van der Waals surface area (Å²) in [5, 5.41) is 3.46. The van der Waals surface area contributed by atoms with E-state index in [9.17, 15) is 0 Å². The molecule has 0 amide bonds. The molecule has 1 saturated heterocycles. The Morgan fingerprint density at radius 2 is 2.25 bits per heavy atom. The van der Waals surface area contributed by atoms with Crippen molar-refractivity contribution in [2.24, 2.45) is 0 Å². The molecule has 1 atom stereocenters. The lowest BCUT2D eigenvalue weighted by Gasteiger charge is -2.14. The molecular weight excluding hydrogens is 198 g/mol. The van der Waals surface area contributed by atoms with Crippen molar-refractivity contribution in [3.8, 4) is 0 Å². The summed E-state index contributed by atoms with van der Waals surface area (Å²) in [7, 11) is 0. The Morgan fingerprint density at radius 1 is 1.38 bits per heavy atom. The van der Waals surface area contributed by atoms with E-state index >= 15 is 0 Å². The molecule has 16 heavy (non-hydrogen) atoms. The van der Waals surface area contributed by atoms with E-state index < -0.39 is 0 Å². The summed E-state index contributed by atoms with van der Waals surface area (Å²) in [4.78, 5) is 9.12. The largest absolute Gasteiger partial charge is 0.316 e. The minimum absolute atomic E-state index is 0.487. The third-order valence-corrected chi connectivity index (χ3v) is 3.20. The molecule has 1 aliphatic rings. The van der Waals surface area contributed by atoms with Gasteiger partial charge in [-0.25, -0.2) is 9.97 Å². The van der Waals surface area contributed by atoms with Crippen LogP contribution in [0, 0.1) is 0 Å². The second-order valence-electron chi connectivity index (χ2n) is 4.89. The summed E-state index contributed by atoms with van der Waals surface area (Å²) in [5.74, 6) is 2.02. The number of hydrogen-bond acceptors (Lipinski definition) is 3. The van der Waals surface area contributed by atoms with Crippen molar-refractivity contribution in [1.82, 2.24) is 15.3 Å². The zero-order chi connectivity index (χ0) is 11.4. The van der Waals surface area contributed by atoms with Gasteiger partial charge in [-0.2, -0.15) is 0 Å². The van der Waals surface area contributed by atoms with Gasteiger partial charge >= 0.3 is 0 Å². The summed E-state index contributed by atoms with van der Waals surface area (Å²) in [6.07, 6.45) is 5.68. The molecule has 1 unspecified atom stereocenters. The van der Waals surface area contributed by atoms with Crippen molar-refractivity contribution in [3.05, 3.63) is 23.8 Å². The van der Waals surface area contributed by atoms with Gasteiger partial charge in [0.05, 0.1) is 0 Å². The van der Waals surface area contributed by atoms with E-state index in [-0.39, 0.29) is 0 Å². The molecule has 0 aliphatic carbocycles. The number of rotatable bonds is 2. The fourth-order valence-corrected chi connectivity index (χ4v) is 2.15. The molecule has 1 aromatic heterocycles. The first-order chi connectivity index (χ1) is 7.77. The molecule has 2 rings (SSSR count). The van der Waals surface area contributed by atoms with Crippen LogP contribution >= 0.6 is 0 Å². The molecule has 1 N–H and O–H groups in total. The van der Waals surface area contributed by atoms with Gasteiger partial charge in [-0.3, -0.25) is 0 Å². The molecule has 0 bridgehead atoms. The molecule has 1 fully saturated rings. The first-order valence-corrected chi connectivity index (χ1v) is 6.31. The average molecular weight is 219 g/mol. The SMILES string of the molecule is CC(C)c1ccnc(C2CCCCNC2)n1. The predicted octanol–water partition coefficient (Wildman–Crippen LogP) is 2.46. The van der Waals surface area contributed by atoms with Crippen molar-refractivity contribution >= 4 is 0 Å². The summed E-state index contributed by atoms with van der Waals surface area (Å²) in [5.41, 5.74) is 1.16. The van der Waals surface area contributed by atoms with Crippen LogP contribution in [-0.2, 0) is 0 Å². The minimum atomic E-state index is 0.487. The Bertz CT molecular complexity index is 328. The molecular formula is C13H21N3. The van der Waals surface area contributed by atoms with Gasteiger partial charge < -0.3 is 5.32 Å². The second-order valence-corrected chi connectivity index (χ2v) is 4.89. The first kappa shape index (κ1) is 11.5. The fourth-order valence-electron chi connectivity index (χ4n) is 2.15. The van der Waals surface area contributed by atoms with Crippen LogP contribution < -0.4 is 5.32 Å². The molecule has 88 valence electrons. The standard InChI is InChI=1S/C13H21N3/c1-10(2)12-6-8-15-13(16-12)11-5-3-4-7-14-9-11/h6,8,10-11,14H,3-5,7,9H2,1-2H3. The van der Waals surface area contributed by atoms with Crippen molar-refractivity contribution in [2.75, 3.05) is 13.1 Å². The fraction of sp³-hybridized carbons (Fsp3) is 0.692. The lowest BCUT2D eigenvalue weighted by molar-refractivity contribution is 0.572. The lowest BCUT2D eigenvalue weighted by Crippen LogP contribution is -2.21. The van der Waals surface area contributed by atoms with E-state index in [4.69, 9.17) is 0 Å². The summed E-state index contributed by atoms with van der Waals surface area (Å²) < 4.78 is 0. The van der Waals surface area contributed by atoms with Crippen LogP contribution in [0.5, 0.6) is 0 Å². The van der Waals surface area contributed by atoms with Crippen LogP contribution in [0.1, 0.15) is 56.5 Å². The highest BCUT2D eigenvalue weighted by atomic mass is 14.9. The topological polar surface area (TPSA) is 37.8 Å². The van der Waals surface area contributed by atoms with Crippen molar-refractivity contribution in [2.45, 2.75) is 44.9 Å². The molecule has 0 radical (unpaired) electrons. The molecule has 0 saturated carbocycles. The summed E-state index contributed by atoms with van der Waals surface area (Å²) >= 11 is 0. The van der Waals surface area contributed by atoms with Crippen molar-refractivity contribution in [3.63, 3.8) is 0 Å². The third-order valence-electron chi connectivity index (χ3n) is 3.20. The molecule has 3 heteroatoms. The van der Waals surface area contributed by atoms with E-state index in [2.05, 4.69) is 29.1 Å². The molecule has 0 aromatic carbocycles. The van der Waals surface area contributed by atoms with Crippen LogP contribution in [0.3, 0.4) is 0 Å². The van der Waals surface area contributed by atoms with Crippen LogP contribution in [0.4, 0.5) is 0 Å². The lowest BCUT2D eigenvalue weighted by atomic mass is 10.0. The maximum absolute atomic E-state index is 4.69. The summed E-state index contributed by atoms with van der Waals surface area (Å²) in [6, 6.07) is 2.03. The van der Waals surface area contributed by atoms with Crippen LogP contribution in [-0.4, -0.2) is 23.1 Å². The Morgan fingerprint density at radius 3 is 3.06 bits per heavy atom. The number of nitrogens with zero attached hydrogens (tertiary/aromatic N) is 2. The molecule has 1 aromatic rings. The quantitative estimate of drug-likeness (QED) is 0.830. The Labute approximate surface area is 97.7 Å².